The molecule has 1 heterocycles. The number of methoxy groups -OCH3 is 1. The molecule has 0 saturated heterocycles. The highest BCUT2D eigenvalue weighted by Crippen LogP contribution is 2.40. The van der Waals surface area contributed by atoms with Crippen molar-refractivity contribution in [3.8, 4) is 17.1 Å². The molecule has 0 aliphatic heterocycles. The molecule has 1 unspecified atom stereocenters. The van der Waals surface area contributed by atoms with E-state index in [-0.39, 0.29) is 13.2 Å². The molecule has 0 saturated carbocycles. The van der Waals surface area contributed by atoms with Crippen molar-refractivity contribution in [3.63, 3.8) is 0 Å². The zero-order valence-corrected chi connectivity index (χ0v) is 15.6. The van der Waals surface area contributed by atoms with Gasteiger partial charge in [0.1, 0.15) is 12.1 Å². The maximum absolute atomic E-state index is 5.90. The van der Waals surface area contributed by atoms with Gasteiger partial charge in [0.25, 0.3) is 0 Å². The summed E-state index contributed by atoms with van der Waals surface area (Å²) in [5, 5.41) is 1.46. The number of halogens is 1. The van der Waals surface area contributed by atoms with Crippen LogP contribution < -0.4 is 15.8 Å². The number of rotatable bonds is 5. The zero-order valence-electron chi connectivity index (χ0n) is 14.0. The average Bonchev–Trinajstić information content (AvgIpc) is 2.62. The standard InChI is InChI=1S/C18H18ClN4OP/c1-24-16-12(10-25(2)14-8-6-13(20)7-9-14)4-3-5-15(16)17-21-11-22-18(19)23-17/h3-9,11H,10,20H2,1-2H3. The van der Waals surface area contributed by atoms with Gasteiger partial charge in [-0.3, -0.25) is 0 Å². The highest BCUT2D eigenvalue weighted by atomic mass is 35.5. The Labute approximate surface area is 153 Å². The Morgan fingerprint density at radius 3 is 2.56 bits per heavy atom. The fourth-order valence-corrected chi connectivity index (χ4v) is 4.33. The predicted molar refractivity (Wildman–Crippen MR) is 104 cm³/mol. The number of nitrogen functional groups attached to an aromatic ring is 1. The largest absolute Gasteiger partial charge is 0.496 e. The van der Waals surface area contributed by atoms with Crippen LogP contribution in [0.25, 0.3) is 11.4 Å². The Hall–Kier alpha value is -2.23. The number of aromatic nitrogens is 3. The van der Waals surface area contributed by atoms with Gasteiger partial charge in [0.15, 0.2) is 5.82 Å². The van der Waals surface area contributed by atoms with E-state index in [4.69, 9.17) is 22.1 Å². The van der Waals surface area contributed by atoms with E-state index in [2.05, 4.69) is 39.8 Å². The molecule has 0 radical (unpaired) electrons. The normalized spacial score (nSPS) is 12.0. The van der Waals surface area contributed by atoms with Crippen molar-refractivity contribution in [3.05, 3.63) is 59.6 Å². The van der Waals surface area contributed by atoms with Gasteiger partial charge >= 0.3 is 0 Å². The third kappa shape index (κ3) is 4.06. The van der Waals surface area contributed by atoms with E-state index in [1.165, 1.54) is 11.6 Å². The van der Waals surface area contributed by atoms with Crippen LogP contribution in [-0.2, 0) is 6.16 Å². The first kappa shape index (κ1) is 17.6. The SMILES string of the molecule is COc1c(CP(C)c2ccc(N)cc2)cccc1-c1ncnc(Cl)n1. The van der Waals surface area contributed by atoms with Crippen LogP contribution in [-0.4, -0.2) is 28.7 Å². The summed E-state index contributed by atoms with van der Waals surface area (Å²) in [6, 6.07) is 14.0. The smallest absolute Gasteiger partial charge is 0.225 e. The van der Waals surface area contributed by atoms with Crippen LogP contribution in [0.1, 0.15) is 5.56 Å². The molecule has 3 rings (SSSR count). The fraction of sp³-hybridized carbons (Fsp3) is 0.167. The molecule has 3 aromatic rings. The van der Waals surface area contributed by atoms with Crippen molar-refractivity contribution in [2.45, 2.75) is 6.16 Å². The van der Waals surface area contributed by atoms with E-state index < -0.39 is 0 Å². The van der Waals surface area contributed by atoms with Gasteiger partial charge in [0, 0.05) is 11.8 Å². The monoisotopic (exact) mass is 372 g/mol. The van der Waals surface area contributed by atoms with E-state index in [0.29, 0.717) is 5.82 Å². The topological polar surface area (TPSA) is 73.9 Å². The van der Waals surface area contributed by atoms with Crippen molar-refractivity contribution in [2.24, 2.45) is 0 Å². The lowest BCUT2D eigenvalue weighted by molar-refractivity contribution is 0.412. The van der Waals surface area contributed by atoms with E-state index in [9.17, 15) is 0 Å². The second-order valence-electron chi connectivity index (χ2n) is 5.52. The minimum Gasteiger partial charge on any atom is -0.496 e. The van der Waals surface area contributed by atoms with E-state index >= 15 is 0 Å². The summed E-state index contributed by atoms with van der Waals surface area (Å²) in [6.07, 6.45) is 2.28. The van der Waals surface area contributed by atoms with Gasteiger partial charge in [-0.05, 0) is 47.3 Å². The van der Waals surface area contributed by atoms with Crippen LogP contribution in [0, 0.1) is 0 Å². The number of benzene rings is 2. The highest BCUT2D eigenvalue weighted by Gasteiger charge is 2.16. The molecular weight excluding hydrogens is 355 g/mol. The molecule has 0 aliphatic carbocycles. The van der Waals surface area contributed by atoms with Gasteiger partial charge in [-0.25, -0.2) is 9.97 Å². The summed E-state index contributed by atoms with van der Waals surface area (Å²) in [6.45, 7) is 2.24. The minimum atomic E-state index is -0.389. The Bertz CT molecular complexity index is 873. The summed E-state index contributed by atoms with van der Waals surface area (Å²) >= 11 is 5.90. The van der Waals surface area contributed by atoms with Crippen LogP contribution in [0.2, 0.25) is 5.28 Å². The lowest BCUT2D eigenvalue weighted by Crippen LogP contribution is -2.04. The fourth-order valence-electron chi connectivity index (χ4n) is 2.61. The molecule has 25 heavy (non-hydrogen) atoms. The number of ether oxygens (including phenoxy) is 1. The van der Waals surface area contributed by atoms with Crippen molar-refractivity contribution >= 4 is 30.5 Å². The number of hydrogen-bond donors (Lipinski definition) is 1. The van der Waals surface area contributed by atoms with Crippen LogP contribution in [0.3, 0.4) is 0 Å². The lowest BCUT2D eigenvalue weighted by atomic mass is 10.1. The molecule has 1 atom stereocenters. The Kier molecular flexibility index (Phi) is 5.47. The summed E-state index contributed by atoms with van der Waals surface area (Å²) in [5.41, 5.74) is 8.48. The van der Waals surface area contributed by atoms with Crippen LogP contribution in [0.5, 0.6) is 5.75 Å². The maximum atomic E-state index is 5.90. The number of nitrogens with zero attached hydrogens (tertiary/aromatic N) is 3. The molecule has 128 valence electrons. The van der Waals surface area contributed by atoms with Gasteiger partial charge in [0.2, 0.25) is 5.28 Å². The zero-order chi connectivity index (χ0) is 17.8. The summed E-state index contributed by atoms with van der Waals surface area (Å²) in [7, 11) is 1.27. The maximum Gasteiger partial charge on any atom is 0.225 e. The molecule has 7 heteroatoms. The van der Waals surface area contributed by atoms with E-state index in [1.54, 1.807) is 7.11 Å². The predicted octanol–water partition coefficient (Wildman–Crippen LogP) is 3.72. The summed E-state index contributed by atoms with van der Waals surface area (Å²) < 4.78 is 5.67. The number of anilines is 1. The second-order valence-corrected chi connectivity index (χ2v) is 8.09. The molecule has 0 bridgehead atoms. The number of nitrogens with two attached hydrogens (primary N) is 1. The first-order valence-electron chi connectivity index (χ1n) is 7.66. The van der Waals surface area contributed by atoms with Gasteiger partial charge in [0.05, 0.1) is 12.7 Å². The van der Waals surface area contributed by atoms with Crippen LogP contribution in [0.15, 0.2) is 48.8 Å². The molecule has 0 amide bonds. The van der Waals surface area contributed by atoms with Gasteiger partial charge in [-0.15, -0.1) is 0 Å². The van der Waals surface area contributed by atoms with E-state index in [0.717, 1.165) is 28.7 Å². The van der Waals surface area contributed by atoms with Gasteiger partial charge < -0.3 is 10.5 Å². The van der Waals surface area contributed by atoms with Gasteiger partial charge in [-0.1, -0.05) is 32.2 Å². The Morgan fingerprint density at radius 1 is 1.12 bits per heavy atom. The molecule has 0 aliphatic rings. The lowest BCUT2D eigenvalue weighted by Gasteiger charge is -2.17. The highest BCUT2D eigenvalue weighted by molar-refractivity contribution is 7.64. The summed E-state index contributed by atoms with van der Waals surface area (Å²) in [4.78, 5) is 12.2. The minimum absolute atomic E-state index is 0.164. The van der Waals surface area contributed by atoms with Gasteiger partial charge in [-0.2, -0.15) is 4.98 Å². The number of hydrogen-bond acceptors (Lipinski definition) is 5. The molecule has 0 fully saturated rings. The molecule has 0 spiro atoms. The third-order valence-electron chi connectivity index (χ3n) is 3.83. The average molecular weight is 373 g/mol. The quantitative estimate of drug-likeness (QED) is 0.545. The molecule has 5 nitrogen and oxygen atoms in total. The second kappa shape index (κ2) is 7.77. The van der Waals surface area contributed by atoms with Crippen LogP contribution >= 0.6 is 19.5 Å². The number of para-hydroxylation sites is 1. The van der Waals surface area contributed by atoms with Crippen molar-refractivity contribution in [1.82, 2.24) is 15.0 Å². The molecule has 2 aromatic carbocycles. The summed E-state index contributed by atoms with van der Waals surface area (Å²) in [5.74, 6) is 1.28. The Balaban J connectivity index is 1.94. The molecule has 2 N–H and O–H groups in total. The van der Waals surface area contributed by atoms with Crippen molar-refractivity contribution in [1.29, 1.82) is 0 Å². The first-order chi connectivity index (χ1) is 12.1. The van der Waals surface area contributed by atoms with Crippen molar-refractivity contribution in [2.75, 3.05) is 19.5 Å². The molecular formula is C18H18ClN4OP. The van der Waals surface area contributed by atoms with Crippen LogP contribution in [0.4, 0.5) is 5.69 Å². The Morgan fingerprint density at radius 2 is 1.88 bits per heavy atom. The molecule has 1 aromatic heterocycles. The first-order valence-corrected chi connectivity index (χ1v) is 10.0. The van der Waals surface area contributed by atoms with E-state index in [1.807, 2.05) is 24.3 Å². The third-order valence-corrected chi connectivity index (χ3v) is 6.00. The van der Waals surface area contributed by atoms with Crippen molar-refractivity contribution < 1.29 is 4.74 Å².